The summed E-state index contributed by atoms with van der Waals surface area (Å²) in [6, 6.07) is 48.7. The molecule has 9 nitrogen and oxygen atoms in total. The minimum atomic E-state index is 0.511. The first-order chi connectivity index (χ1) is 29.3. The SMILES string of the molecule is c1ccc(-c2ccc3c(oc4c(-c5cccnn5)c(-c5cc6ccccc6[nH]5)c(-c5ccc6ccccc6n5)c(-c5cc6ccccc6o5)c43)c2-c2ncccn2)nc1. The number of hydrogen-bond acceptors (Lipinski definition) is 8. The maximum absolute atomic E-state index is 7.37. The number of nitrogens with zero attached hydrogens (tertiary/aromatic N) is 6. The number of fused-ring (bicyclic) bond motifs is 6. The number of benzene rings is 5. The number of para-hydroxylation sites is 3. The van der Waals surface area contributed by atoms with Crippen molar-refractivity contribution in [3.05, 3.63) is 170 Å². The van der Waals surface area contributed by atoms with Crippen LogP contribution in [-0.4, -0.2) is 35.1 Å². The molecule has 0 fully saturated rings. The molecule has 12 rings (SSSR count). The lowest BCUT2D eigenvalue weighted by atomic mass is 9.85. The molecule has 0 amide bonds. The quantitative estimate of drug-likeness (QED) is 0.178. The Morgan fingerprint density at radius 2 is 1.27 bits per heavy atom. The van der Waals surface area contributed by atoms with Gasteiger partial charge in [-0.1, -0.05) is 72.8 Å². The molecule has 0 aliphatic heterocycles. The van der Waals surface area contributed by atoms with Crippen molar-refractivity contribution >= 4 is 54.7 Å². The summed E-state index contributed by atoms with van der Waals surface area (Å²) in [5.41, 5.74) is 11.7. The molecule has 7 aromatic heterocycles. The van der Waals surface area contributed by atoms with Gasteiger partial charge in [-0.15, -0.1) is 0 Å². The lowest BCUT2D eigenvalue weighted by Gasteiger charge is -2.19. The first-order valence-corrected chi connectivity index (χ1v) is 19.3. The maximum Gasteiger partial charge on any atom is 0.163 e. The van der Waals surface area contributed by atoms with E-state index in [2.05, 4.69) is 70.7 Å². The van der Waals surface area contributed by atoms with Crippen LogP contribution in [0, 0.1) is 0 Å². The number of aromatic amines is 1. The van der Waals surface area contributed by atoms with Crippen molar-refractivity contribution < 1.29 is 8.83 Å². The highest BCUT2D eigenvalue weighted by molar-refractivity contribution is 6.25. The van der Waals surface area contributed by atoms with Crippen molar-refractivity contribution in [3.8, 4) is 67.7 Å². The van der Waals surface area contributed by atoms with Gasteiger partial charge in [0.25, 0.3) is 0 Å². The molecule has 0 aliphatic carbocycles. The van der Waals surface area contributed by atoms with E-state index in [1.165, 1.54) is 0 Å². The van der Waals surface area contributed by atoms with Gasteiger partial charge in [-0.2, -0.15) is 10.2 Å². The molecule has 5 aromatic carbocycles. The molecule has 12 aromatic rings. The predicted molar refractivity (Wildman–Crippen MR) is 232 cm³/mol. The normalized spacial score (nSPS) is 11.7. The van der Waals surface area contributed by atoms with Crippen LogP contribution in [0.4, 0.5) is 0 Å². The molecule has 7 heterocycles. The van der Waals surface area contributed by atoms with E-state index >= 15 is 0 Å². The summed E-state index contributed by atoms with van der Waals surface area (Å²) in [5.74, 6) is 1.18. The van der Waals surface area contributed by atoms with E-state index in [1.807, 2.05) is 84.9 Å². The fraction of sp³-hybridized carbons (Fsp3) is 0. The third-order valence-electron chi connectivity index (χ3n) is 11.0. The van der Waals surface area contributed by atoms with Gasteiger partial charge in [-0.05, 0) is 72.8 Å². The Labute approximate surface area is 335 Å². The number of hydrogen-bond donors (Lipinski definition) is 1. The fourth-order valence-corrected chi connectivity index (χ4v) is 8.43. The molecular weight excluding hydrogens is 731 g/mol. The molecule has 276 valence electrons. The minimum absolute atomic E-state index is 0.511. The highest BCUT2D eigenvalue weighted by Crippen LogP contribution is 2.55. The van der Waals surface area contributed by atoms with Crippen LogP contribution in [0.1, 0.15) is 0 Å². The van der Waals surface area contributed by atoms with Crippen molar-refractivity contribution in [1.82, 2.24) is 35.1 Å². The number of furan rings is 2. The van der Waals surface area contributed by atoms with Crippen LogP contribution < -0.4 is 0 Å². The number of pyridine rings is 2. The molecule has 0 saturated heterocycles. The van der Waals surface area contributed by atoms with Gasteiger partial charge in [-0.3, -0.25) is 4.98 Å². The van der Waals surface area contributed by atoms with Crippen molar-refractivity contribution in [1.29, 1.82) is 0 Å². The van der Waals surface area contributed by atoms with E-state index in [9.17, 15) is 0 Å². The first-order valence-electron chi connectivity index (χ1n) is 19.3. The van der Waals surface area contributed by atoms with E-state index in [0.717, 1.165) is 94.0 Å². The van der Waals surface area contributed by atoms with Gasteiger partial charge in [0.1, 0.15) is 22.5 Å². The zero-order valence-electron chi connectivity index (χ0n) is 31.2. The van der Waals surface area contributed by atoms with Gasteiger partial charge >= 0.3 is 0 Å². The third kappa shape index (κ3) is 5.25. The molecule has 9 heteroatoms. The summed E-state index contributed by atoms with van der Waals surface area (Å²) in [4.78, 5) is 23.5. The Morgan fingerprint density at radius 3 is 2.10 bits per heavy atom. The second kappa shape index (κ2) is 13.1. The summed E-state index contributed by atoms with van der Waals surface area (Å²) in [5, 5.41) is 13.9. The van der Waals surface area contributed by atoms with Gasteiger partial charge < -0.3 is 13.8 Å². The Kier molecular flexibility index (Phi) is 7.33. The molecule has 0 atom stereocenters. The van der Waals surface area contributed by atoms with Crippen LogP contribution in [-0.2, 0) is 0 Å². The summed E-state index contributed by atoms with van der Waals surface area (Å²) in [6.45, 7) is 0. The summed E-state index contributed by atoms with van der Waals surface area (Å²) < 4.78 is 14.3. The van der Waals surface area contributed by atoms with Crippen LogP contribution in [0.2, 0.25) is 0 Å². The van der Waals surface area contributed by atoms with Gasteiger partial charge in [-0.25, -0.2) is 15.0 Å². The molecule has 0 saturated carbocycles. The van der Waals surface area contributed by atoms with Crippen molar-refractivity contribution in [2.24, 2.45) is 0 Å². The Morgan fingerprint density at radius 1 is 0.475 bits per heavy atom. The zero-order chi connectivity index (χ0) is 38.9. The zero-order valence-corrected chi connectivity index (χ0v) is 31.2. The molecule has 0 aliphatic rings. The molecule has 1 N–H and O–H groups in total. The van der Waals surface area contributed by atoms with Crippen LogP contribution in [0.25, 0.3) is 122 Å². The molecule has 0 bridgehead atoms. The second-order valence-electron chi connectivity index (χ2n) is 14.4. The monoisotopic (exact) mass is 759 g/mol. The third-order valence-corrected chi connectivity index (χ3v) is 11.0. The highest BCUT2D eigenvalue weighted by atomic mass is 16.3. The summed E-state index contributed by atoms with van der Waals surface area (Å²) >= 11 is 0. The number of rotatable bonds is 6. The Bertz CT molecular complexity index is 3490. The Hall–Kier alpha value is -8.30. The molecule has 0 spiro atoms. The van der Waals surface area contributed by atoms with Crippen LogP contribution in [0.3, 0.4) is 0 Å². The highest BCUT2D eigenvalue weighted by Gasteiger charge is 2.33. The van der Waals surface area contributed by atoms with E-state index in [-0.39, 0.29) is 0 Å². The molecular formula is C50H29N7O2. The smallest absolute Gasteiger partial charge is 0.163 e. The van der Waals surface area contributed by atoms with Gasteiger partial charge in [0.2, 0.25) is 0 Å². The molecule has 0 unspecified atom stereocenters. The topological polar surface area (TPSA) is 119 Å². The number of H-pyrrole nitrogens is 1. The van der Waals surface area contributed by atoms with Gasteiger partial charge in [0.05, 0.1) is 33.7 Å². The van der Waals surface area contributed by atoms with E-state index in [1.54, 1.807) is 24.8 Å². The maximum atomic E-state index is 7.37. The van der Waals surface area contributed by atoms with Crippen LogP contribution in [0.5, 0.6) is 0 Å². The predicted octanol–water partition coefficient (Wildman–Crippen LogP) is 12.3. The van der Waals surface area contributed by atoms with Gasteiger partial charge in [0, 0.05) is 85.2 Å². The lowest BCUT2D eigenvalue weighted by molar-refractivity contribution is 0.632. The van der Waals surface area contributed by atoms with Gasteiger partial charge in [0.15, 0.2) is 5.82 Å². The van der Waals surface area contributed by atoms with Crippen molar-refractivity contribution in [2.45, 2.75) is 0 Å². The summed E-state index contributed by atoms with van der Waals surface area (Å²) in [7, 11) is 0. The lowest BCUT2D eigenvalue weighted by Crippen LogP contribution is -1.99. The first kappa shape index (κ1) is 32.9. The molecule has 0 radical (unpaired) electrons. The fourth-order valence-electron chi connectivity index (χ4n) is 8.43. The van der Waals surface area contributed by atoms with Crippen molar-refractivity contribution in [2.75, 3.05) is 0 Å². The van der Waals surface area contributed by atoms with Crippen LogP contribution in [0.15, 0.2) is 179 Å². The van der Waals surface area contributed by atoms with E-state index in [0.29, 0.717) is 28.4 Å². The minimum Gasteiger partial charge on any atom is -0.456 e. The summed E-state index contributed by atoms with van der Waals surface area (Å²) in [6.07, 6.45) is 6.96. The number of nitrogens with one attached hydrogen (secondary N) is 1. The van der Waals surface area contributed by atoms with Crippen LogP contribution >= 0.6 is 0 Å². The molecule has 59 heavy (non-hydrogen) atoms. The second-order valence-corrected chi connectivity index (χ2v) is 14.4. The van der Waals surface area contributed by atoms with Crippen molar-refractivity contribution in [3.63, 3.8) is 0 Å². The standard InChI is InChI=1S/C50H29N7O2/c1-4-14-34-29(11-1)19-22-37(55-34)44-45(39-27-30-12-2-5-15-35(30)56-39)46(38-17-9-26-54-57-38)49-42(47(44)41-28-31-13-3-6-18-40(31)58-41)33-21-20-32(36-16-7-8-23-51-36)43(48(33)59-49)50-52-24-10-25-53-50/h1-28,56H. The van der Waals surface area contributed by atoms with E-state index < -0.39 is 0 Å². The largest absolute Gasteiger partial charge is 0.456 e. The average Bonchev–Trinajstić information content (AvgIpc) is 4.04. The van der Waals surface area contributed by atoms with E-state index in [4.69, 9.17) is 33.9 Å². The average molecular weight is 760 g/mol. The Balaban J connectivity index is 1.35. The number of aromatic nitrogens is 7.